The predicted molar refractivity (Wildman–Crippen MR) is 118 cm³/mol. The topological polar surface area (TPSA) is 36.9 Å². The summed E-state index contributed by atoms with van der Waals surface area (Å²) in [5.41, 5.74) is -1.36. The summed E-state index contributed by atoms with van der Waals surface area (Å²) in [7, 11) is 2.02. The lowest BCUT2D eigenvalue weighted by Gasteiger charge is -2.40. The average molecular weight is 408 g/mol. The van der Waals surface area contributed by atoms with Crippen LogP contribution in [0.1, 0.15) is 55.4 Å². The molecule has 1 aliphatic heterocycles. The van der Waals surface area contributed by atoms with Gasteiger partial charge in [0.05, 0.1) is 26.4 Å². The van der Waals surface area contributed by atoms with Crippen LogP contribution >= 0.6 is 22.7 Å². The van der Waals surface area contributed by atoms with E-state index in [1.807, 2.05) is 0 Å². The van der Waals surface area contributed by atoms with Crippen molar-refractivity contribution in [3.8, 4) is 0 Å². The molecule has 0 atom stereocenters. The number of thiophene rings is 2. The molecule has 1 aliphatic rings. The van der Waals surface area contributed by atoms with Crippen LogP contribution in [0.2, 0.25) is 0 Å². The van der Waals surface area contributed by atoms with Gasteiger partial charge >= 0.3 is 14.6 Å². The molecular formula is C19H30B2O4S2. The summed E-state index contributed by atoms with van der Waals surface area (Å²) < 4.78 is 27.8. The number of fused-ring (bicyclic) bond motifs is 1. The van der Waals surface area contributed by atoms with E-state index in [0.717, 1.165) is 4.78 Å². The Morgan fingerprint density at radius 1 is 0.963 bits per heavy atom. The van der Waals surface area contributed by atoms with Gasteiger partial charge in [0.15, 0.2) is 0 Å². The molecule has 0 spiro atoms. The fourth-order valence-corrected chi connectivity index (χ4v) is 5.11. The molecule has 8 heteroatoms. The SMILES string of the molecule is COC(C)(C)C(C)(C)OBc1cc2cc(B3OC(C)(C)C(C)(C)O3)sc2s1. The predicted octanol–water partition coefficient (Wildman–Crippen LogP) is 3.46. The van der Waals surface area contributed by atoms with E-state index in [-0.39, 0.29) is 29.5 Å². The monoisotopic (exact) mass is 408 g/mol. The molecule has 0 aliphatic carbocycles. The van der Waals surface area contributed by atoms with Gasteiger partial charge in [0, 0.05) is 22.0 Å². The van der Waals surface area contributed by atoms with Gasteiger partial charge in [0.1, 0.15) is 0 Å². The number of ether oxygens (including phenoxy) is 1. The molecular weight excluding hydrogens is 378 g/mol. The van der Waals surface area contributed by atoms with Crippen LogP contribution in [0.5, 0.6) is 0 Å². The molecule has 3 heterocycles. The van der Waals surface area contributed by atoms with E-state index >= 15 is 0 Å². The third-order valence-corrected chi connectivity index (χ3v) is 8.69. The molecule has 0 bridgehead atoms. The molecule has 1 fully saturated rings. The summed E-state index contributed by atoms with van der Waals surface area (Å²) in [6.45, 7) is 16.6. The molecule has 148 valence electrons. The van der Waals surface area contributed by atoms with Crippen LogP contribution in [0, 0.1) is 0 Å². The van der Waals surface area contributed by atoms with Crippen molar-refractivity contribution in [3.63, 3.8) is 0 Å². The molecule has 0 N–H and O–H groups in total. The van der Waals surface area contributed by atoms with Gasteiger partial charge in [-0.05, 0) is 67.5 Å². The number of rotatable bonds is 6. The maximum Gasteiger partial charge on any atom is 0.505 e. The standard InChI is InChI=1S/C19H30B2O4S2/c1-16(2,22-9)17(3,4)23-20-13-10-12-11-14(27-15(12)26-13)21-24-18(5,6)19(7,8)25-21/h10-11,20H,1-9H3. The van der Waals surface area contributed by atoms with Crippen molar-refractivity contribution < 1.29 is 18.7 Å². The fourth-order valence-electron chi connectivity index (χ4n) is 2.73. The summed E-state index contributed by atoms with van der Waals surface area (Å²) >= 11 is 3.53. The van der Waals surface area contributed by atoms with E-state index in [2.05, 4.69) is 67.5 Å². The second kappa shape index (κ2) is 6.85. The molecule has 0 aromatic carbocycles. The van der Waals surface area contributed by atoms with E-state index in [1.54, 1.807) is 29.8 Å². The normalized spacial score (nSPS) is 19.8. The Morgan fingerprint density at radius 3 is 2.07 bits per heavy atom. The third kappa shape index (κ3) is 3.89. The largest absolute Gasteiger partial charge is 0.505 e. The first-order valence-corrected chi connectivity index (χ1v) is 11.0. The van der Waals surface area contributed by atoms with Gasteiger partial charge in [-0.3, -0.25) is 0 Å². The zero-order valence-electron chi connectivity index (χ0n) is 17.9. The van der Waals surface area contributed by atoms with Gasteiger partial charge in [-0.15, -0.1) is 22.7 Å². The smallest absolute Gasteiger partial charge is 0.426 e. The van der Waals surface area contributed by atoms with Crippen molar-refractivity contribution in [1.29, 1.82) is 0 Å². The van der Waals surface area contributed by atoms with Gasteiger partial charge < -0.3 is 18.7 Å². The lowest BCUT2D eigenvalue weighted by atomic mass is 9.85. The Balaban J connectivity index is 1.72. The Hall–Kier alpha value is -0.370. The van der Waals surface area contributed by atoms with Crippen molar-refractivity contribution >= 4 is 56.2 Å². The third-order valence-electron chi connectivity index (χ3n) is 6.31. The second-order valence-corrected chi connectivity index (χ2v) is 11.7. The first kappa shape index (κ1) is 21.3. The van der Waals surface area contributed by atoms with Gasteiger partial charge in [0.2, 0.25) is 0 Å². The Morgan fingerprint density at radius 2 is 1.56 bits per heavy atom. The zero-order valence-corrected chi connectivity index (χ0v) is 19.5. The van der Waals surface area contributed by atoms with Gasteiger partial charge in [-0.25, -0.2) is 0 Å². The van der Waals surface area contributed by atoms with Crippen LogP contribution in [0.25, 0.3) is 9.40 Å². The Kier molecular flexibility index (Phi) is 5.42. The van der Waals surface area contributed by atoms with E-state index in [0.29, 0.717) is 7.48 Å². The summed E-state index contributed by atoms with van der Waals surface area (Å²) in [4.78, 5) is 0. The summed E-state index contributed by atoms with van der Waals surface area (Å²) in [6.07, 6.45) is 0. The number of hydrogen-bond donors (Lipinski definition) is 0. The minimum absolute atomic E-state index is 0.291. The highest BCUT2D eigenvalue weighted by Crippen LogP contribution is 2.38. The van der Waals surface area contributed by atoms with Gasteiger partial charge in [-0.1, -0.05) is 0 Å². The molecule has 3 rings (SSSR count). The summed E-state index contributed by atoms with van der Waals surface area (Å²) in [6, 6.07) is 4.40. The first-order chi connectivity index (χ1) is 12.3. The van der Waals surface area contributed by atoms with Gasteiger partial charge in [-0.2, -0.15) is 0 Å². The zero-order chi connectivity index (χ0) is 20.3. The van der Waals surface area contributed by atoms with Crippen LogP contribution in [0.15, 0.2) is 12.1 Å². The number of methoxy groups -OCH3 is 1. The van der Waals surface area contributed by atoms with Crippen molar-refractivity contribution in [2.75, 3.05) is 7.11 Å². The minimum atomic E-state index is -0.382. The summed E-state index contributed by atoms with van der Waals surface area (Å²) in [5, 5.41) is 1.23. The highest BCUT2D eigenvalue weighted by molar-refractivity contribution is 7.45. The maximum atomic E-state index is 6.20. The Bertz CT molecular complexity index is 775. The van der Waals surface area contributed by atoms with E-state index in [9.17, 15) is 0 Å². The van der Waals surface area contributed by atoms with Crippen LogP contribution < -0.4 is 9.55 Å². The highest BCUT2D eigenvalue weighted by atomic mass is 32.2. The molecule has 2 aromatic heterocycles. The molecule has 4 nitrogen and oxygen atoms in total. The van der Waals surface area contributed by atoms with Crippen molar-refractivity contribution in [2.45, 2.75) is 77.8 Å². The molecule has 0 unspecified atom stereocenters. The van der Waals surface area contributed by atoms with Gasteiger partial charge in [0.25, 0.3) is 0 Å². The van der Waals surface area contributed by atoms with Crippen molar-refractivity contribution in [3.05, 3.63) is 12.1 Å². The van der Waals surface area contributed by atoms with Crippen LogP contribution in [0.4, 0.5) is 0 Å². The lowest BCUT2D eigenvalue weighted by Crippen LogP contribution is -2.50. The van der Waals surface area contributed by atoms with Crippen molar-refractivity contribution in [2.24, 2.45) is 0 Å². The molecule has 0 amide bonds. The average Bonchev–Trinajstić information content (AvgIpc) is 3.15. The lowest BCUT2D eigenvalue weighted by molar-refractivity contribution is -0.114. The molecule has 2 aromatic rings. The van der Waals surface area contributed by atoms with Crippen LogP contribution in [0.3, 0.4) is 0 Å². The van der Waals surface area contributed by atoms with Crippen LogP contribution in [-0.4, -0.2) is 44.1 Å². The first-order valence-electron chi connectivity index (χ1n) is 9.35. The maximum absolute atomic E-state index is 6.20. The minimum Gasteiger partial charge on any atom is -0.426 e. The van der Waals surface area contributed by atoms with E-state index in [4.69, 9.17) is 18.7 Å². The van der Waals surface area contributed by atoms with E-state index < -0.39 is 0 Å². The highest BCUT2D eigenvalue weighted by Gasteiger charge is 2.52. The number of hydrogen-bond acceptors (Lipinski definition) is 6. The molecule has 0 saturated carbocycles. The fraction of sp³-hybridized carbons (Fsp3) is 0.684. The Labute approximate surface area is 172 Å². The van der Waals surface area contributed by atoms with Crippen molar-refractivity contribution in [1.82, 2.24) is 0 Å². The second-order valence-electron chi connectivity index (χ2n) is 9.21. The summed E-state index contributed by atoms with van der Waals surface area (Å²) in [5.74, 6) is 0. The molecule has 1 saturated heterocycles. The molecule has 27 heavy (non-hydrogen) atoms. The quantitative estimate of drug-likeness (QED) is 0.687. The van der Waals surface area contributed by atoms with E-state index in [1.165, 1.54) is 14.2 Å². The van der Waals surface area contributed by atoms with Crippen LogP contribution in [-0.2, 0) is 18.7 Å². The molecule has 0 radical (unpaired) electrons.